The maximum atomic E-state index is 13.0. The molecule has 2 aliphatic rings. The van der Waals surface area contributed by atoms with Crippen LogP contribution in [0.4, 0.5) is 5.69 Å². The smallest absolute Gasteiger partial charge is 0.338 e. The number of hydrogen-bond acceptors (Lipinski definition) is 6. The van der Waals surface area contributed by atoms with Gasteiger partial charge in [-0.3, -0.25) is 4.90 Å². The van der Waals surface area contributed by atoms with Gasteiger partial charge in [-0.1, -0.05) is 85.8 Å². The van der Waals surface area contributed by atoms with Gasteiger partial charge in [-0.15, -0.1) is 0 Å². The van der Waals surface area contributed by atoms with Crippen LogP contribution in [0.5, 0.6) is 0 Å². The van der Waals surface area contributed by atoms with Gasteiger partial charge in [-0.05, 0) is 67.5 Å². The van der Waals surface area contributed by atoms with Crippen molar-refractivity contribution in [1.82, 2.24) is 4.90 Å². The van der Waals surface area contributed by atoms with Crippen molar-refractivity contribution in [2.45, 2.75) is 82.7 Å². The monoisotopic (exact) mass is 574 g/mol. The maximum Gasteiger partial charge on any atom is 0.338 e. The molecule has 1 heterocycles. The summed E-state index contributed by atoms with van der Waals surface area (Å²) >= 11 is 6.28. The number of aliphatic imine (C=N–C) groups is 1. The summed E-state index contributed by atoms with van der Waals surface area (Å²) in [4.78, 5) is 19.8. The SMILES string of the molecule is COC1=Nc2cc(Cl)ccc2C(O)N(Cc2ccc(C(=O)OC3CCCCCCCC3)cc2)[C@@H]1Cc1ccccc1. The summed E-state index contributed by atoms with van der Waals surface area (Å²) < 4.78 is 11.7. The molecule has 0 bridgehead atoms. The third-order valence-electron chi connectivity index (χ3n) is 8.11. The summed E-state index contributed by atoms with van der Waals surface area (Å²) in [7, 11) is 1.61. The summed E-state index contributed by atoms with van der Waals surface area (Å²) in [6, 6.07) is 22.6. The van der Waals surface area contributed by atoms with Gasteiger partial charge in [0.25, 0.3) is 0 Å². The fraction of sp³-hybridized carbons (Fsp3) is 0.412. The van der Waals surface area contributed by atoms with E-state index in [0.717, 1.165) is 36.8 Å². The van der Waals surface area contributed by atoms with E-state index in [-0.39, 0.29) is 18.1 Å². The number of methoxy groups -OCH3 is 1. The van der Waals surface area contributed by atoms with Crippen molar-refractivity contribution in [3.05, 3.63) is 100 Å². The fourth-order valence-electron chi connectivity index (χ4n) is 5.83. The first-order valence-corrected chi connectivity index (χ1v) is 15.1. The van der Waals surface area contributed by atoms with Crippen LogP contribution in [-0.2, 0) is 22.4 Å². The quantitative estimate of drug-likeness (QED) is 0.304. The lowest BCUT2D eigenvalue weighted by atomic mass is 10.0. The molecule has 7 heteroatoms. The first-order chi connectivity index (χ1) is 20.0. The minimum atomic E-state index is -0.944. The molecule has 216 valence electrons. The minimum Gasteiger partial charge on any atom is -0.483 e. The van der Waals surface area contributed by atoms with Crippen LogP contribution in [0.25, 0.3) is 0 Å². The molecule has 3 aromatic carbocycles. The predicted octanol–water partition coefficient (Wildman–Crippen LogP) is 7.79. The zero-order valence-electron chi connectivity index (χ0n) is 23.7. The number of fused-ring (bicyclic) bond motifs is 1. The van der Waals surface area contributed by atoms with E-state index < -0.39 is 6.23 Å². The molecule has 6 nitrogen and oxygen atoms in total. The average Bonchev–Trinajstić information content (AvgIpc) is 3.05. The number of ether oxygens (including phenoxy) is 2. The zero-order valence-corrected chi connectivity index (χ0v) is 24.4. The molecule has 1 fully saturated rings. The summed E-state index contributed by atoms with van der Waals surface area (Å²) in [5.74, 6) is 0.237. The van der Waals surface area contributed by atoms with Crippen LogP contribution < -0.4 is 0 Å². The number of aliphatic hydroxyl groups excluding tert-OH is 1. The Hall–Kier alpha value is -3.19. The Morgan fingerprint density at radius 3 is 2.29 bits per heavy atom. The molecule has 2 atom stereocenters. The predicted molar refractivity (Wildman–Crippen MR) is 163 cm³/mol. The lowest BCUT2D eigenvalue weighted by molar-refractivity contribution is -0.0200. The number of rotatable bonds is 6. The van der Waals surface area contributed by atoms with Crippen molar-refractivity contribution in [2.24, 2.45) is 4.99 Å². The second-order valence-corrected chi connectivity index (χ2v) is 11.5. The third-order valence-corrected chi connectivity index (χ3v) is 8.35. The molecule has 1 aliphatic heterocycles. The highest BCUT2D eigenvalue weighted by Crippen LogP contribution is 2.37. The van der Waals surface area contributed by atoms with Gasteiger partial charge >= 0.3 is 5.97 Å². The molecule has 0 amide bonds. The van der Waals surface area contributed by atoms with E-state index in [4.69, 9.17) is 26.1 Å². The van der Waals surface area contributed by atoms with Crippen LogP contribution >= 0.6 is 11.6 Å². The molecular formula is C34H39ClN2O4. The van der Waals surface area contributed by atoms with Crippen molar-refractivity contribution in [1.29, 1.82) is 0 Å². The summed E-state index contributed by atoms with van der Waals surface area (Å²) in [6.45, 7) is 0.418. The molecular weight excluding hydrogens is 536 g/mol. The lowest BCUT2D eigenvalue weighted by Gasteiger charge is -2.34. The Bertz CT molecular complexity index is 1320. The van der Waals surface area contributed by atoms with Crippen LogP contribution in [0.15, 0.2) is 77.8 Å². The largest absolute Gasteiger partial charge is 0.483 e. The Balaban J connectivity index is 1.37. The number of halogens is 1. The van der Waals surface area contributed by atoms with E-state index >= 15 is 0 Å². The molecule has 1 saturated carbocycles. The second-order valence-electron chi connectivity index (χ2n) is 11.0. The van der Waals surface area contributed by atoms with Crippen LogP contribution in [0.3, 0.4) is 0 Å². The Labute approximate surface area is 248 Å². The number of carbonyl (C=O) groups is 1. The highest BCUT2D eigenvalue weighted by Gasteiger charge is 2.35. The van der Waals surface area contributed by atoms with Crippen LogP contribution in [0.1, 0.15) is 84.6 Å². The lowest BCUT2D eigenvalue weighted by Crippen LogP contribution is -2.44. The number of esters is 1. The highest BCUT2D eigenvalue weighted by atomic mass is 35.5. The van der Waals surface area contributed by atoms with Crippen LogP contribution in [0.2, 0.25) is 5.02 Å². The van der Waals surface area contributed by atoms with Crippen LogP contribution in [0, 0.1) is 0 Å². The number of nitrogens with zero attached hydrogens (tertiary/aromatic N) is 2. The fourth-order valence-corrected chi connectivity index (χ4v) is 5.99. The van der Waals surface area contributed by atoms with Crippen molar-refractivity contribution in [3.8, 4) is 0 Å². The molecule has 1 unspecified atom stereocenters. The van der Waals surface area contributed by atoms with Gasteiger partial charge < -0.3 is 14.6 Å². The van der Waals surface area contributed by atoms with E-state index in [1.54, 1.807) is 19.2 Å². The van der Waals surface area contributed by atoms with E-state index in [0.29, 0.717) is 40.7 Å². The molecule has 1 aliphatic carbocycles. The van der Waals surface area contributed by atoms with E-state index in [2.05, 4.69) is 12.1 Å². The Morgan fingerprint density at radius 2 is 1.61 bits per heavy atom. The number of aliphatic hydroxyl groups is 1. The van der Waals surface area contributed by atoms with Gasteiger partial charge in [-0.2, -0.15) is 0 Å². The minimum absolute atomic E-state index is 0.00779. The summed E-state index contributed by atoms with van der Waals surface area (Å²) in [5.41, 5.74) is 3.85. The first kappa shape index (κ1) is 29.3. The highest BCUT2D eigenvalue weighted by molar-refractivity contribution is 6.30. The topological polar surface area (TPSA) is 71.4 Å². The standard InChI is InChI=1S/C34H39ClN2O4/c1-40-32-31(21-24-11-7-6-8-12-24)37(33(38)29-20-19-27(35)22-30(29)36-32)23-25-15-17-26(18-16-25)34(39)41-28-13-9-4-2-3-5-10-14-28/h6-8,11-12,15-20,22,28,31,33,38H,2-5,9-10,13-14,21,23H2,1H3/t31-,33?/m1/s1. The van der Waals surface area contributed by atoms with Crippen LogP contribution in [-0.4, -0.2) is 41.1 Å². The van der Waals surface area contributed by atoms with Gasteiger partial charge in [0.05, 0.1) is 24.4 Å². The number of hydrogen-bond donors (Lipinski definition) is 1. The van der Waals surface area contributed by atoms with Gasteiger partial charge in [0.1, 0.15) is 12.3 Å². The van der Waals surface area contributed by atoms with Gasteiger partial charge in [0.15, 0.2) is 0 Å². The van der Waals surface area contributed by atoms with Gasteiger partial charge in [-0.25, -0.2) is 9.79 Å². The van der Waals surface area contributed by atoms with Gasteiger partial charge in [0, 0.05) is 17.1 Å². The third kappa shape index (κ3) is 7.56. The Morgan fingerprint density at radius 1 is 0.927 bits per heavy atom. The molecule has 5 rings (SSSR count). The van der Waals surface area contributed by atoms with E-state index in [1.807, 2.05) is 53.4 Å². The first-order valence-electron chi connectivity index (χ1n) is 14.7. The molecule has 0 saturated heterocycles. The number of carbonyl (C=O) groups excluding carboxylic acids is 1. The van der Waals surface area contributed by atoms with E-state index in [9.17, 15) is 9.90 Å². The molecule has 0 aromatic heterocycles. The maximum absolute atomic E-state index is 13.0. The average molecular weight is 575 g/mol. The molecule has 3 aromatic rings. The van der Waals surface area contributed by atoms with Crippen molar-refractivity contribution < 1.29 is 19.4 Å². The number of benzene rings is 3. The molecule has 41 heavy (non-hydrogen) atoms. The van der Waals surface area contributed by atoms with Crippen molar-refractivity contribution in [3.63, 3.8) is 0 Å². The molecule has 0 radical (unpaired) electrons. The summed E-state index contributed by atoms with van der Waals surface area (Å²) in [6.07, 6.45) is 8.72. The second kappa shape index (κ2) is 14.1. The molecule has 1 N–H and O–H groups in total. The normalized spacial score (nSPS) is 20.5. The van der Waals surface area contributed by atoms with E-state index in [1.165, 1.54) is 25.7 Å². The molecule has 0 spiro atoms. The van der Waals surface area contributed by atoms with Crippen molar-refractivity contribution in [2.75, 3.05) is 7.11 Å². The van der Waals surface area contributed by atoms with Crippen molar-refractivity contribution >= 4 is 29.2 Å². The Kier molecular flexibility index (Phi) is 10.1. The van der Waals surface area contributed by atoms with Gasteiger partial charge in [0.2, 0.25) is 5.90 Å². The summed E-state index contributed by atoms with van der Waals surface area (Å²) in [5, 5.41) is 12.2. The zero-order chi connectivity index (χ0) is 28.6.